The van der Waals surface area contributed by atoms with Crippen molar-refractivity contribution in [2.45, 2.75) is 25.2 Å². The van der Waals surface area contributed by atoms with Crippen LogP contribution in [0.15, 0.2) is 48.5 Å². The predicted molar refractivity (Wildman–Crippen MR) is 90.6 cm³/mol. The molecule has 4 rings (SSSR count). The first-order chi connectivity index (χ1) is 12.7. The van der Waals surface area contributed by atoms with Crippen LogP contribution in [0.2, 0.25) is 0 Å². The van der Waals surface area contributed by atoms with E-state index in [1.807, 2.05) is 12.1 Å². The summed E-state index contributed by atoms with van der Waals surface area (Å²) < 4.78 is 80.9. The number of hydrogen-bond acceptors (Lipinski definition) is 0. The summed E-state index contributed by atoms with van der Waals surface area (Å²) in [6.07, 6.45) is -4.67. The Balaban J connectivity index is 2.07. The molecule has 0 spiro atoms. The number of fused-ring (bicyclic) bond motifs is 3. The van der Waals surface area contributed by atoms with E-state index < -0.39 is 23.5 Å². The van der Waals surface area contributed by atoms with Gasteiger partial charge in [-0.1, -0.05) is 24.3 Å². The van der Waals surface area contributed by atoms with Gasteiger partial charge in [0.05, 0.1) is 16.6 Å². The summed E-state index contributed by atoms with van der Waals surface area (Å²) in [7, 11) is 0. The minimum atomic E-state index is -4.88. The molecule has 27 heavy (non-hydrogen) atoms. The lowest BCUT2D eigenvalue weighted by Crippen LogP contribution is -2.13. The van der Waals surface area contributed by atoms with Crippen molar-refractivity contribution in [3.63, 3.8) is 0 Å². The second-order valence-corrected chi connectivity index (χ2v) is 6.42. The Morgan fingerprint density at radius 3 is 2.07 bits per heavy atom. The first-order valence-electron chi connectivity index (χ1n) is 8.25. The summed E-state index contributed by atoms with van der Waals surface area (Å²) in [6.45, 7) is 0. The Kier molecular flexibility index (Phi) is 3.87. The van der Waals surface area contributed by atoms with Crippen molar-refractivity contribution in [1.82, 2.24) is 4.57 Å². The van der Waals surface area contributed by atoms with Gasteiger partial charge >= 0.3 is 12.4 Å². The summed E-state index contributed by atoms with van der Waals surface area (Å²) in [4.78, 5) is 0. The fourth-order valence-electron chi connectivity index (χ4n) is 3.53. The van der Waals surface area contributed by atoms with Crippen molar-refractivity contribution in [2.24, 2.45) is 0 Å². The molecule has 1 aliphatic rings. The van der Waals surface area contributed by atoms with E-state index in [-0.39, 0.29) is 11.8 Å². The lowest BCUT2D eigenvalue weighted by Gasteiger charge is -2.17. The zero-order chi connectivity index (χ0) is 19.4. The Labute approximate surface area is 150 Å². The standard InChI is InChI=1S/C20H13F6N/c21-19(22,23)12-9-13(20(24,25)26)11-14(10-12)27-17-7-3-1-5-15(17)16-6-2-4-8-18(16)27/h1,3-5,7-11H,2,6H2. The molecule has 0 amide bonds. The zero-order valence-electron chi connectivity index (χ0n) is 13.8. The molecule has 0 radical (unpaired) electrons. The molecule has 0 aliphatic heterocycles. The third-order valence-corrected chi connectivity index (χ3v) is 4.69. The number of hydrogen-bond donors (Lipinski definition) is 0. The maximum atomic E-state index is 13.2. The van der Waals surface area contributed by atoms with E-state index in [4.69, 9.17) is 0 Å². The predicted octanol–water partition coefficient (Wildman–Crippen LogP) is 6.63. The van der Waals surface area contributed by atoms with Crippen LogP contribution in [0, 0.1) is 0 Å². The number of alkyl halides is 6. The molecule has 1 nitrogen and oxygen atoms in total. The van der Waals surface area contributed by atoms with E-state index in [1.54, 1.807) is 24.3 Å². The van der Waals surface area contributed by atoms with Gasteiger partial charge in [-0.3, -0.25) is 0 Å². The molecule has 0 unspecified atom stereocenters. The van der Waals surface area contributed by atoms with E-state index in [9.17, 15) is 26.3 Å². The van der Waals surface area contributed by atoms with Crippen molar-refractivity contribution >= 4 is 17.0 Å². The van der Waals surface area contributed by atoms with Crippen LogP contribution in [-0.2, 0) is 18.8 Å². The van der Waals surface area contributed by atoms with E-state index in [0.717, 1.165) is 29.5 Å². The molecule has 1 aliphatic carbocycles. The van der Waals surface area contributed by atoms with Gasteiger partial charge in [0.2, 0.25) is 0 Å². The summed E-state index contributed by atoms with van der Waals surface area (Å²) in [5.41, 5.74) is -0.658. The van der Waals surface area contributed by atoms with E-state index in [1.165, 1.54) is 4.57 Å². The summed E-state index contributed by atoms with van der Waals surface area (Å²) in [5, 5.41) is 0.836. The largest absolute Gasteiger partial charge is 0.416 e. The first kappa shape index (κ1) is 17.7. The zero-order valence-corrected chi connectivity index (χ0v) is 13.8. The number of aromatic nitrogens is 1. The Bertz CT molecular complexity index is 1020. The molecule has 0 saturated carbocycles. The van der Waals surface area contributed by atoms with E-state index in [0.29, 0.717) is 17.6 Å². The summed E-state index contributed by atoms with van der Waals surface area (Å²) >= 11 is 0. The number of benzene rings is 2. The number of allylic oxidation sites excluding steroid dienone is 1. The van der Waals surface area contributed by atoms with Gasteiger partial charge in [0.1, 0.15) is 0 Å². The van der Waals surface area contributed by atoms with Gasteiger partial charge in [-0.2, -0.15) is 26.3 Å². The second-order valence-electron chi connectivity index (χ2n) is 6.42. The molecular formula is C20H13F6N. The van der Waals surface area contributed by atoms with Gasteiger partial charge in [-0.25, -0.2) is 0 Å². The molecule has 0 N–H and O–H groups in total. The lowest BCUT2D eigenvalue weighted by atomic mass is 10.0. The van der Waals surface area contributed by atoms with Gasteiger partial charge in [-0.15, -0.1) is 0 Å². The minimum absolute atomic E-state index is 0.150. The lowest BCUT2D eigenvalue weighted by molar-refractivity contribution is -0.143. The average molecular weight is 381 g/mol. The van der Waals surface area contributed by atoms with E-state index in [2.05, 4.69) is 0 Å². The van der Waals surface area contributed by atoms with Crippen molar-refractivity contribution in [3.05, 3.63) is 70.9 Å². The molecule has 1 aromatic heterocycles. The molecular weight excluding hydrogens is 368 g/mol. The van der Waals surface area contributed by atoms with Crippen LogP contribution >= 0.6 is 0 Å². The molecule has 0 atom stereocenters. The van der Waals surface area contributed by atoms with Crippen LogP contribution < -0.4 is 0 Å². The summed E-state index contributed by atoms with van der Waals surface area (Å²) in [6, 6.07) is 8.74. The second kappa shape index (κ2) is 5.90. The van der Waals surface area contributed by atoms with Crippen LogP contribution in [0.1, 0.15) is 28.8 Å². The van der Waals surface area contributed by atoms with Gasteiger partial charge in [0, 0.05) is 16.8 Å². The fourth-order valence-corrected chi connectivity index (χ4v) is 3.53. The third-order valence-electron chi connectivity index (χ3n) is 4.69. The van der Waals surface area contributed by atoms with E-state index >= 15 is 0 Å². The molecule has 0 fully saturated rings. The molecule has 0 saturated heterocycles. The Morgan fingerprint density at radius 2 is 1.44 bits per heavy atom. The average Bonchev–Trinajstić information content (AvgIpc) is 2.94. The van der Waals surface area contributed by atoms with Crippen LogP contribution in [0.3, 0.4) is 0 Å². The van der Waals surface area contributed by atoms with Crippen LogP contribution in [-0.4, -0.2) is 4.57 Å². The highest BCUT2D eigenvalue weighted by Gasteiger charge is 2.37. The van der Waals surface area contributed by atoms with Crippen molar-refractivity contribution < 1.29 is 26.3 Å². The number of halogens is 6. The van der Waals surface area contributed by atoms with Crippen LogP contribution in [0.25, 0.3) is 22.7 Å². The quantitative estimate of drug-likeness (QED) is 0.417. The number of aryl methyl sites for hydroxylation is 1. The maximum absolute atomic E-state index is 13.2. The minimum Gasteiger partial charge on any atom is -0.310 e. The highest BCUT2D eigenvalue weighted by molar-refractivity contribution is 5.90. The maximum Gasteiger partial charge on any atom is 0.416 e. The number of rotatable bonds is 1. The topological polar surface area (TPSA) is 4.93 Å². The van der Waals surface area contributed by atoms with Gasteiger partial charge in [0.25, 0.3) is 0 Å². The molecule has 140 valence electrons. The molecule has 1 heterocycles. The van der Waals surface area contributed by atoms with Crippen molar-refractivity contribution in [2.75, 3.05) is 0 Å². The third kappa shape index (κ3) is 3.01. The van der Waals surface area contributed by atoms with Gasteiger partial charge in [-0.05, 0) is 48.7 Å². The summed E-state index contributed by atoms with van der Waals surface area (Å²) in [5.74, 6) is 0. The normalized spacial score (nSPS) is 14.6. The van der Waals surface area contributed by atoms with Crippen LogP contribution in [0.5, 0.6) is 0 Å². The fraction of sp³-hybridized carbons (Fsp3) is 0.200. The number of nitrogens with zero attached hydrogens (tertiary/aromatic N) is 1. The molecule has 2 aromatic carbocycles. The van der Waals surface area contributed by atoms with Crippen LogP contribution in [0.4, 0.5) is 26.3 Å². The highest BCUT2D eigenvalue weighted by Crippen LogP contribution is 2.40. The molecule has 3 aromatic rings. The first-order valence-corrected chi connectivity index (χ1v) is 8.25. The monoisotopic (exact) mass is 381 g/mol. The SMILES string of the molecule is FC(F)(F)c1cc(-n2c3c(c4ccccc42)CCC=C3)cc(C(F)(F)F)c1. The van der Waals surface area contributed by atoms with Gasteiger partial charge < -0.3 is 4.57 Å². The Morgan fingerprint density at radius 1 is 0.815 bits per heavy atom. The Hall–Kier alpha value is -2.70. The molecule has 0 bridgehead atoms. The smallest absolute Gasteiger partial charge is 0.310 e. The number of para-hydroxylation sites is 1. The van der Waals surface area contributed by atoms with Gasteiger partial charge in [0.15, 0.2) is 0 Å². The molecule has 7 heteroatoms. The van der Waals surface area contributed by atoms with Crippen molar-refractivity contribution in [3.8, 4) is 5.69 Å². The highest BCUT2D eigenvalue weighted by atomic mass is 19.4. The van der Waals surface area contributed by atoms with Crippen molar-refractivity contribution in [1.29, 1.82) is 0 Å².